The Hall–Kier alpha value is -2.40. The van der Waals surface area contributed by atoms with Crippen LogP contribution >= 0.6 is 0 Å². The van der Waals surface area contributed by atoms with Crippen LogP contribution in [0.1, 0.15) is 54.1 Å². The van der Waals surface area contributed by atoms with Gasteiger partial charge in [-0.25, -0.2) is 0 Å². The Morgan fingerprint density at radius 2 is 2.11 bits per heavy atom. The smallest absolute Gasteiger partial charge is 0.253 e. The molecule has 1 amide bonds. The highest BCUT2D eigenvalue weighted by molar-refractivity contribution is 5.94. The first-order valence-electron chi connectivity index (χ1n) is 9.86. The molecule has 0 radical (unpaired) electrons. The molecule has 1 aliphatic carbocycles. The molecule has 3 rings (SSSR count). The van der Waals surface area contributed by atoms with Crippen LogP contribution in [0.5, 0.6) is 0 Å². The lowest BCUT2D eigenvalue weighted by atomic mass is 9.90. The summed E-state index contributed by atoms with van der Waals surface area (Å²) in [4.78, 5) is 22.3. The molecule has 0 saturated carbocycles. The summed E-state index contributed by atoms with van der Waals surface area (Å²) < 4.78 is 0. The van der Waals surface area contributed by atoms with Gasteiger partial charge in [-0.05, 0) is 61.4 Å². The molecule has 0 bridgehead atoms. The Morgan fingerprint density at radius 3 is 2.85 bits per heavy atom. The molecule has 0 spiro atoms. The van der Waals surface area contributed by atoms with E-state index in [2.05, 4.69) is 35.4 Å². The fraction of sp³-hybridized carbons (Fsp3) is 0.455. The van der Waals surface area contributed by atoms with E-state index >= 15 is 0 Å². The average Bonchev–Trinajstić information content (AvgIpc) is 2.72. The number of pyridine rings is 1. The van der Waals surface area contributed by atoms with Crippen molar-refractivity contribution in [2.45, 2.75) is 51.5 Å². The molecule has 1 heterocycles. The highest BCUT2D eigenvalue weighted by Crippen LogP contribution is 2.30. The summed E-state index contributed by atoms with van der Waals surface area (Å²) in [6.45, 7) is 2.75. The fourth-order valence-corrected chi connectivity index (χ4v) is 3.79. The minimum atomic E-state index is -0.0901. The number of aryl methyl sites for hydroxylation is 1. The molecule has 1 atom stereocenters. The van der Waals surface area contributed by atoms with Crippen LogP contribution in [-0.4, -0.2) is 30.6 Å². The standard InChI is InChI=1S/C22H29N3O2/c1-3-8-19(24-22(26)18-11-7-14-23-15-18)16-25(27-2)21-13-6-10-17-9-4-5-12-20(17)21/h6-7,10-11,13-15,19H,3-5,8-9,12,16H2,1-2H3,(H,24,26). The van der Waals surface area contributed by atoms with Gasteiger partial charge in [0, 0.05) is 18.4 Å². The average molecular weight is 367 g/mol. The molecular weight excluding hydrogens is 338 g/mol. The van der Waals surface area contributed by atoms with Crippen molar-refractivity contribution < 1.29 is 9.63 Å². The van der Waals surface area contributed by atoms with Gasteiger partial charge in [0.1, 0.15) is 0 Å². The van der Waals surface area contributed by atoms with Crippen molar-refractivity contribution in [1.29, 1.82) is 0 Å². The van der Waals surface area contributed by atoms with Crippen molar-refractivity contribution in [3.63, 3.8) is 0 Å². The molecule has 5 nitrogen and oxygen atoms in total. The van der Waals surface area contributed by atoms with Gasteiger partial charge in [0.25, 0.3) is 5.91 Å². The second-order valence-electron chi connectivity index (χ2n) is 7.07. The lowest BCUT2D eigenvalue weighted by Crippen LogP contribution is -2.44. The Balaban J connectivity index is 1.75. The topological polar surface area (TPSA) is 54.5 Å². The van der Waals surface area contributed by atoms with Gasteiger partial charge in [0.05, 0.1) is 24.9 Å². The van der Waals surface area contributed by atoms with E-state index in [0.29, 0.717) is 12.1 Å². The number of rotatable bonds is 8. The van der Waals surface area contributed by atoms with E-state index in [1.165, 1.54) is 24.0 Å². The number of nitrogens with one attached hydrogen (secondary N) is 1. The number of hydrogen-bond donors (Lipinski definition) is 1. The van der Waals surface area contributed by atoms with Crippen LogP contribution in [0, 0.1) is 0 Å². The molecule has 0 saturated heterocycles. The van der Waals surface area contributed by atoms with Crippen molar-refractivity contribution in [2.75, 3.05) is 18.7 Å². The van der Waals surface area contributed by atoms with Crippen LogP contribution in [0.3, 0.4) is 0 Å². The molecule has 2 aromatic rings. The van der Waals surface area contributed by atoms with E-state index in [4.69, 9.17) is 4.84 Å². The number of carbonyl (C=O) groups is 1. The van der Waals surface area contributed by atoms with Crippen molar-refractivity contribution >= 4 is 11.6 Å². The molecule has 1 unspecified atom stereocenters. The number of anilines is 1. The van der Waals surface area contributed by atoms with Crippen LogP contribution in [0.15, 0.2) is 42.7 Å². The molecule has 1 aromatic heterocycles. The van der Waals surface area contributed by atoms with E-state index in [9.17, 15) is 4.79 Å². The maximum absolute atomic E-state index is 12.6. The summed E-state index contributed by atoms with van der Waals surface area (Å²) in [5, 5.41) is 5.09. The van der Waals surface area contributed by atoms with Crippen LogP contribution in [0.4, 0.5) is 5.69 Å². The summed E-state index contributed by atoms with van der Waals surface area (Å²) in [6.07, 6.45) is 9.85. The SMILES string of the molecule is CCCC(CN(OC)c1cccc2c1CCCC2)NC(=O)c1cccnc1. The highest BCUT2D eigenvalue weighted by Gasteiger charge is 2.21. The first-order valence-corrected chi connectivity index (χ1v) is 9.86. The first-order chi connectivity index (χ1) is 13.2. The number of aromatic nitrogens is 1. The molecule has 27 heavy (non-hydrogen) atoms. The third-order valence-electron chi connectivity index (χ3n) is 5.14. The van der Waals surface area contributed by atoms with Crippen LogP contribution < -0.4 is 10.4 Å². The Bertz CT molecular complexity index is 748. The molecule has 144 valence electrons. The van der Waals surface area contributed by atoms with E-state index in [-0.39, 0.29) is 11.9 Å². The second-order valence-corrected chi connectivity index (χ2v) is 7.07. The number of hydrogen-bond acceptors (Lipinski definition) is 4. The zero-order valence-corrected chi connectivity index (χ0v) is 16.3. The summed E-state index contributed by atoms with van der Waals surface area (Å²) in [6, 6.07) is 10.0. The Morgan fingerprint density at radius 1 is 1.26 bits per heavy atom. The largest absolute Gasteiger partial charge is 0.347 e. The first kappa shape index (κ1) is 19.4. The molecule has 1 aliphatic rings. The van der Waals surface area contributed by atoms with E-state index in [0.717, 1.165) is 31.4 Å². The van der Waals surface area contributed by atoms with Crippen LogP contribution in [0.2, 0.25) is 0 Å². The summed E-state index contributed by atoms with van der Waals surface area (Å²) >= 11 is 0. The maximum atomic E-state index is 12.6. The maximum Gasteiger partial charge on any atom is 0.253 e. The number of nitrogens with zero attached hydrogens (tertiary/aromatic N) is 2. The lowest BCUT2D eigenvalue weighted by molar-refractivity contribution is 0.0921. The minimum absolute atomic E-state index is 0.00195. The van der Waals surface area contributed by atoms with Crippen molar-refractivity contribution in [1.82, 2.24) is 10.3 Å². The highest BCUT2D eigenvalue weighted by atomic mass is 16.7. The molecule has 0 aliphatic heterocycles. The van der Waals surface area contributed by atoms with Gasteiger partial charge in [-0.2, -0.15) is 0 Å². The quantitative estimate of drug-likeness (QED) is 0.719. The fourth-order valence-electron chi connectivity index (χ4n) is 3.79. The van der Waals surface area contributed by atoms with Gasteiger partial charge in [-0.15, -0.1) is 0 Å². The zero-order valence-electron chi connectivity index (χ0n) is 16.3. The molecule has 5 heteroatoms. The van der Waals surface area contributed by atoms with Crippen molar-refractivity contribution in [2.24, 2.45) is 0 Å². The Kier molecular flexibility index (Phi) is 6.82. The molecule has 1 aromatic carbocycles. The summed E-state index contributed by atoms with van der Waals surface area (Å²) in [5.41, 5.74) is 4.53. The summed E-state index contributed by atoms with van der Waals surface area (Å²) in [7, 11) is 1.70. The van der Waals surface area contributed by atoms with E-state index in [1.807, 2.05) is 5.06 Å². The zero-order chi connectivity index (χ0) is 19.1. The predicted molar refractivity (Wildman–Crippen MR) is 108 cm³/mol. The Labute approximate surface area is 161 Å². The molecular formula is C22H29N3O2. The van der Waals surface area contributed by atoms with Crippen LogP contribution in [-0.2, 0) is 17.7 Å². The third kappa shape index (κ3) is 4.86. The third-order valence-corrected chi connectivity index (χ3v) is 5.14. The lowest BCUT2D eigenvalue weighted by Gasteiger charge is -2.31. The number of carbonyl (C=O) groups excluding carboxylic acids is 1. The van der Waals surface area contributed by atoms with Crippen molar-refractivity contribution in [3.8, 4) is 0 Å². The van der Waals surface area contributed by atoms with Gasteiger partial charge in [0.15, 0.2) is 0 Å². The molecule has 0 fully saturated rings. The minimum Gasteiger partial charge on any atom is -0.347 e. The summed E-state index contributed by atoms with van der Waals surface area (Å²) in [5.74, 6) is -0.0901. The number of fused-ring (bicyclic) bond motifs is 1. The monoisotopic (exact) mass is 367 g/mol. The van der Waals surface area contributed by atoms with E-state index in [1.54, 1.807) is 31.6 Å². The van der Waals surface area contributed by atoms with Gasteiger partial charge in [0.2, 0.25) is 0 Å². The predicted octanol–water partition coefficient (Wildman–Crippen LogP) is 3.93. The van der Waals surface area contributed by atoms with Crippen molar-refractivity contribution in [3.05, 3.63) is 59.4 Å². The number of hydroxylamine groups is 1. The van der Waals surface area contributed by atoms with Gasteiger partial charge in [-0.1, -0.05) is 25.5 Å². The van der Waals surface area contributed by atoms with Gasteiger partial charge in [-0.3, -0.25) is 19.7 Å². The molecule has 1 N–H and O–H groups in total. The van der Waals surface area contributed by atoms with Gasteiger partial charge >= 0.3 is 0 Å². The number of benzene rings is 1. The number of amides is 1. The van der Waals surface area contributed by atoms with Gasteiger partial charge < -0.3 is 5.32 Å². The van der Waals surface area contributed by atoms with Crippen LogP contribution in [0.25, 0.3) is 0 Å². The normalized spacial score (nSPS) is 14.3. The van der Waals surface area contributed by atoms with E-state index < -0.39 is 0 Å². The second kappa shape index (κ2) is 9.51.